The molecule has 4 heteroatoms. The predicted octanol–water partition coefficient (Wildman–Crippen LogP) is 4.00. The van der Waals surface area contributed by atoms with Crippen LogP contribution in [0.1, 0.15) is 48.0 Å². The highest BCUT2D eigenvalue weighted by Gasteiger charge is 2.31. The van der Waals surface area contributed by atoms with Gasteiger partial charge in [0.1, 0.15) is 5.60 Å². The maximum Gasteiger partial charge on any atom is 0.221 e. The Morgan fingerprint density at radius 1 is 1.29 bits per heavy atom. The standard InChI is InChI=1S/C13H26O2S2/c1-9(2)7-8-15-13(5,6)12(14)17-11(16)10(3)4/h9-11,16H,7-8H2,1-6H3. The van der Waals surface area contributed by atoms with Gasteiger partial charge < -0.3 is 4.74 Å². The van der Waals surface area contributed by atoms with Crippen LogP contribution < -0.4 is 0 Å². The fourth-order valence-corrected chi connectivity index (χ4v) is 2.12. The summed E-state index contributed by atoms with van der Waals surface area (Å²) in [6, 6.07) is 0. The van der Waals surface area contributed by atoms with Gasteiger partial charge in [-0.2, -0.15) is 12.6 Å². The molecule has 0 aromatic rings. The third-order valence-electron chi connectivity index (χ3n) is 2.45. The summed E-state index contributed by atoms with van der Waals surface area (Å²) in [5, 5.41) is 0.0648. The molecule has 0 heterocycles. The van der Waals surface area contributed by atoms with Crippen LogP contribution in [0.15, 0.2) is 0 Å². The van der Waals surface area contributed by atoms with Crippen LogP contribution in [0.3, 0.4) is 0 Å². The van der Waals surface area contributed by atoms with Gasteiger partial charge in [0, 0.05) is 6.61 Å². The molecule has 0 N–H and O–H groups in total. The van der Waals surface area contributed by atoms with Crippen molar-refractivity contribution in [1.82, 2.24) is 0 Å². The zero-order valence-electron chi connectivity index (χ0n) is 11.8. The molecule has 0 aromatic carbocycles. The average Bonchev–Trinajstić information content (AvgIpc) is 2.16. The van der Waals surface area contributed by atoms with Crippen molar-refractivity contribution in [2.75, 3.05) is 6.61 Å². The third-order valence-corrected chi connectivity index (χ3v) is 4.85. The first-order valence-corrected chi connectivity index (χ1v) is 7.59. The fraction of sp³-hybridized carbons (Fsp3) is 0.923. The van der Waals surface area contributed by atoms with E-state index in [1.54, 1.807) is 0 Å². The van der Waals surface area contributed by atoms with Crippen molar-refractivity contribution in [2.45, 2.75) is 58.1 Å². The van der Waals surface area contributed by atoms with Gasteiger partial charge in [0.05, 0.1) is 4.58 Å². The van der Waals surface area contributed by atoms with Crippen LogP contribution in [0, 0.1) is 11.8 Å². The third kappa shape index (κ3) is 7.37. The minimum absolute atomic E-state index is 0.0375. The molecule has 0 rings (SSSR count). The number of rotatable bonds is 7. The Labute approximate surface area is 116 Å². The molecule has 0 bridgehead atoms. The second-order valence-corrected chi connectivity index (χ2v) is 7.60. The first-order valence-electron chi connectivity index (χ1n) is 6.20. The molecule has 0 aromatic heterocycles. The molecule has 0 aliphatic carbocycles. The lowest BCUT2D eigenvalue weighted by atomic mass is 10.1. The summed E-state index contributed by atoms with van der Waals surface area (Å²) in [4.78, 5) is 12.0. The van der Waals surface area contributed by atoms with E-state index in [9.17, 15) is 4.79 Å². The lowest BCUT2D eigenvalue weighted by Crippen LogP contribution is -2.34. The number of hydrogen-bond acceptors (Lipinski definition) is 4. The molecular weight excluding hydrogens is 252 g/mol. The number of carbonyl (C=O) groups excluding carboxylic acids is 1. The van der Waals surface area contributed by atoms with Crippen molar-refractivity contribution < 1.29 is 9.53 Å². The molecule has 0 aliphatic rings. The summed E-state index contributed by atoms with van der Waals surface area (Å²) in [7, 11) is 0. The zero-order chi connectivity index (χ0) is 13.6. The van der Waals surface area contributed by atoms with Crippen molar-refractivity contribution >= 4 is 29.5 Å². The Bertz CT molecular complexity index is 238. The van der Waals surface area contributed by atoms with Crippen LogP contribution in [-0.2, 0) is 9.53 Å². The second-order valence-electron chi connectivity index (χ2n) is 5.58. The van der Waals surface area contributed by atoms with E-state index in [1.165, 1.54) is 11.8 Å². The van der Waals surface area contributed by atoms with Crippen molar-refractivity contribution in [1.29, 1.82) is 0 Å². The van der Waals surface area contributed by atoms with Gasteiger partial charge in [-0.05, 0) is 32.1 Å². The maximum atomic E-state index is 12.0. The molecule has 17 heavy (non-hydrogen) atoms. The molecule has 102 valence electrons. The van der Waals surface area contributed by atoms with Crippen molar-refractivity contribution in [3.05, 3.63) is 0 Å². The molecule has 0 saturated heterocycles. The fourth-order valence-electron chi connectivity index (χ4n) is 0.996. The van der Waals surface area contributed by atoms with Crippen LogP contribution in [0.4, 0.5) is 0 Å². The molecule has 0 radical (unpaired) electrons. The first-order chi connectivity index (χ1) is 7.66. The summed E-state index contributed by atoms with van der Waals surface area (Å²) in [5.41, 5.74) is -0.713. The van der Waals surface area contributed by atoms with Crippen molar-refractivity contribution in [3.8, 4) is 0 Å². The molecule has 0 saturated carbocycles. The first kappa shape index (κ1) is 17.3. The van der Waals surface area contributed by atoms with Crippen LogP contribution in [-0.4, -0.2) is 21.9 Å². The largest absolute Gasteiger partial charge is 0.367 e. The van der Waals surface area contributed by atoms with Crippen LogP contribution in [0.2, 0.25) is 0 Å². The Morgan fingerprint density at radius 3 is 2.24 bits per heavy atom. The monoisotopic (exact) mass is 278 g/mol. The SMILES string of the molecule is CC(C)CCOC(C)(C)C(=O)SC(S)C(C)C. The Morgan fingerprint density at radius 2 is 1.82 bits per heavy atom. The molecule has 0 spiro atoms. The number of hydrogen-bond donors (Lipinski definition) is 1. The summed E-state index contributed by atoms with van der Waals surface area (Å²) in [6.07, 6.45) is 0.982. The van der Waals surface area contributed by atoms with Crippen LogP contribution in [0.5, 0.6) is 0 Å². The highest BCUT2D eigenvalue weighted by Crippen LogP contribution is 2.29. The van der Waals surface area contributed by atoms with E-state index in [2.05, 4.69) is 40.3 Å². The molecular formula is C13H26O2S2. The Kier molecular flexibility index (Phi) is 7.85. The van der Waals surface area contributed by atoms with E-state index in [-0.39, 0.29) is 9.70 Å². The van der Waals surface area contributed by atoms with E-state index in [0.29, 0.717) is 18.4 Å². The minimum Gasteiger partial charge on any atom is -0.367 e. The zero-order valence-corrected chi connectivity index (χ0v) is 13.5. The summed E-state index contributed by atoms with van der Waals surface area (Å²) < 4.78 is 5.72. The van der Waals surface area contributed by atoms with Gasteiger partial charge in [-0.25, -0.2) is 0 Å². The van der Waals surface area contributed by atoms with Crippen molar-refractivity contribution in [3.63, 3.8) is 0 Å². The highest BCUT2D eigenvalue weighted by molar-refractivity contribution is 8.21. The minimum atomic E-state index is -0.713. The Balaban J connectivity index is 4.15. The van der Waals surface area contributed by atoms with Crippen LogP contribution >= 0.6 is 24.4 Å². The molecule has 2 nitrogen and oxygen atoms in total. The van der Waals surface area contributed by atoms with E-state index in [4.69, 9.17) is 4.74 Å². The normalized spacial score (nSPS) is 14.4. The quantitative estimate of drug-likeness (QED) is 0.563. The summed E-state index contributed by atoms with van der Waals surface area (Å²) >= 11 is 5.68. The maximum absolute atomic E-state index is 12.0. The van der Waals surface area contributed by atoms with Gasteiger partial charge >= 0.3 is 0 Å². The van der Waals surface area contributed by atoms with Crippen molar-refractivity contribution in [2.24, 2.45) is 11.8 Å². The van der Waals surface area contributed by atoms with Gasteiger partial charge in [0.25, 0.3) is 0 Å². The van der Waals surface area contributed by atoms with Gasteiger partial charge in [-0.1, -0.05) is 39.5 Å². The number of thiol groups is 1. The van der Waals surface area contributed by atoms with E-state index >= 15 is 0 Å². The second kappa shape index (κ2) is 7.70. The van der Waals surface area contributed by atoms with E-state index in [0.717, 1.165) is 6.42 Å². The lowest BCUT2D eigenvalue weighted by molar-refractivity contribution is -0.131. The number of thioether (sulfide) groups is 1. The summed E-state index contributed by atoms with van der Waals surface area (Å²) in [5.74, 6) is 0.973. The molecule has 0 fully saturated rings. The van der Waals surface area contributed by atoms with Gasteiger partial charge in [0.15, 0.2) is 0 Å². The predicted molar refractivity (Wildman–Crippen MR) is 79.7 cm³/mol. The molecule has 1 unspecified atom stereocenters. The van der Waals surface area contributed by atoms with Gasteiger partial charge in [-0.15, -0.1) is 0 Å². The van der Waals surface area contributed by atoms with E-state index in [1.807, 2.05) is 13.8 Å². The molecule has 0 aliphatic heterocycles. The number of ether oxygens (including phenoxy) is 1. The number of carbonyl (C=O) groups is 1. The molecule has 0 amide bonds. The molecule has 1 atom stereocenters. The van der Waals surface area contributed by atoms with Gasteiger partial charge in [-0.3, -0.25) is 4.79 Å². The topological polar surface area (TPSA) is 26.3 Å². The van der Waals surface area contributed by atoms with Gasteiger partial charge in [0.2, 0.25) is 5.12 Å². The summed E-state index contributed by atoms with van der Waals surface area (Å²) in [6.45, 7) is 12.7. The van der Waals surface area contributed by atoms with Crippen LogP contribution in [0.25, 0.3) is 0 Å². The average molecular weight is 278 g/mol. The highest BCUT2D eigenvalue weighted by atomic mass is 32.2. The smallest absolute Gasteiger partial charge is 0.221 e. The Hall–Kier alpha value is 0.330. The lowest BCUT2D eigenvalue weighted by Gasteiger charge is -2.25. The van der Waals surface area contributed by atoms with E-state index < -0.39 is 5.60 Å².